The molecule has 2 heterocycles. The summed E-state index contributed by atoms with van der Waals surface area (Å²) in [6.07, 6.45) is 12.5. The predicted molar refractivity (Wildman–Crippen MR) is 125 cm³/mol. The van der Waals surface area contributed by atoms with E-state index in [1.165, 1.54) is 12.8 Å². The summed E-state index contributed by atoms with van der Waals surface area (Å²) in [7, 11) is 0. The second kappa shape index (κ2) is 8.73. The molecule has 0 spiro atoms. The van der Waals surface area contributed by atoms with Crippen LogP contribution in [0.5, 0.6) is 0 Å². The Balaban J connectivity index is 1.27. The molecular weight excluding hydrogens is 402 g/mol. The fourth-order valence-electron chi connectivity index (χ4n) is 5.00. The van der Waals surface area contributed by atoms with Gasteiger partial charge in [0.1, 0.15) is 5.52 Å². The molecule has 3 aromatic rings. The average Bonchev–Trinajstić information content (AvgIpc) is 3.56. The second-order valence-electron chi connectivity index (χ2n) is 9.11. The summed E-state index contributed by atoms with van der Waals surface area (Å²) in [6.45, 7) is 1.93. The molecule has 7 nitrogen and oxygen atoms in total. The molecular formula is C25H29N5O2. The number of fused-ring (bicyclic) bond motifs is 1. The smallest absolute Gasteiger partial charge is 0.257 e. The first kappa shape index (κ1) is 20.7. The quantitative estimate of drug-likeness (QED) is 0.578. The lowest BCUT2D eigenvalue weighted by molar-refractivity contribution is -0.119. The predicted octanol–water partition coefficient (Wildman–Crippen LogP) is 5.24. The van der Waals surface area contributed by atoms with E-state index < -0.39 is 0 Å². The molecule has 7 heteroatoms. The number of amides is 2. The number of benzene rings is 1. The highest BCUT2D eigenvalue weighted by molar-refractivity contribution is 6.05. The SMILES string of the molecule is Cc1cc(NC(=O)c2cnc3c(c2)ncn3C2CCCC2)ccc1NC(=O)C1CCCC1. The Morgan fingerprint density at radius 1 is 0.969 bits per heavy atom. The van der Waals surface area contributed by atoms with Crippen molar-refractivity contribution < 1.29 is 9.59 Å². The molecule has 2 aliphatic carbocycles. The maximum absolute atomic E-state index is 12.8. The fourth-order valence-corrected chi connectivity index (χ4v) is 5.00. The molecule has 5 rings (SSSR count). The number of anilines is 2. The summed E-state index contributed by atoms with van der Waals surface area (Å²) in [4.78, 5) is 34.2. The molecule has 32 heavy (non-hydrogen) atoms. The number of carbonyl (C=O) groups excluding carboxylic acids is 2. The van der Waals surface area contributed by atoms with Gasteiger partial charge in [-0.3, -0.25) is 9.59 Å². The monoisotopic (exact) mass is 431 g/mol. The first-order valence-electron chi connectivity index (χ1n) is 11.6. The molecule has 0 radical (unpaired) electrons. The minimum absolute atomic E-state index is 0.0961. The van der Waals surface area contributed by atoms with Crippen molar-refractivity contribution in [2.24, 2.45) is 5.92 Å². The third-order valence-corrected chi connectivity index (χ3v) is 6.86. The van der Waals surface area contributed by atoms with E-state index in [0.29, 0.717) is 17.3 Å². The first-order valence-corrected chi connectivity index (χ1v) is 11.6. The van der Waals surface area contributed by atoms with Crippen molar-refractivity contribution >= 4 is 34.4 Å². The van der Waals surface area contributed by atoms with E-state index in [2.05, 4.69) is 25.2 Å². The molecule has 0 aliphatic heterocycles. The molecule has 0 saturated heterocycles. The Hall–Kier alpha value is -3.22. The van der Waals surface area contributed by atoms with Gasteiger partial charge >= 0.3 is 0 Å². The number of hydrogen-bond donors (Lipinski definition) is 2. The van der Waals surface area contributed by atoms with Gasteiger partial charge in [0.2, 0.25) is 5.91 Å². The molecule has 2 saturated carbocycles. The summed E-state index contributed by atoms with van der Waals surface area (Å²) in [5.41, 5.74) is 4.45. The van der Waals surface area contributed by atoms with Crippen molar-refractivity contribution in [3.63, 3.8) is 0 Å². The maximum Gasteiger partial charge on any atom is 0.257 e. The van der Waals surface area contributed by atoms with E-state index in [0.717, 1.165) is 60.9 Å². The number of carbonyl (C=O) groups is 2. The van der Waals surface area contributed by atoms with E-state index in [4.69, 9.17) is 0 Å². The van der Waals surface area contributed by atoms with Crippen LogP contribution in [-0.2, 0) is 4.79 Å². The third kappa shape index (κ3) is 4.11. The van der Waals surface area contributed by atoms with E-state index in [-0.39, 0.29) is 17.7 Å². The zero-order chi connectivity index (χ0) is 22.1. The van der Waals surface area contributed by atoms with Gasteiger partial charge in [0.15, 0.2) is 5.65 Å². The van der Waals surface area contributed by atoms with Crippen LogP contribution < -0.4 is 10.6 Å². The van der Waals surface area contributed by atoms with E-state index in [1.807, 2.05) is 31.5 Å². The van der Waals surface area contributed by atoms with Crippen LogP contribution in [0, 0.1) is 12.8 Å². The zero-order valence-corrected chi connectivity index (χ0v) is 18.4. The Morgan fingerprint density at radius 2 is 1.72 bits per heavy atom. The van der Waals surface area contributed by atoms with Gasteiger partial charge in [-0.25, -0.2) is 9.97 Å². The van der Waals surface area contributed by atoms with Crippen molar-refractivity contribution in [1.29, 1.82) is 0 Å². The minimum Gasteiger partial charge on any atom is -0.326 e. The highest BCUT2D eigenvalue weighted by atomic mass is 16.2. The molecule has 0 unspecified atom stereocenters. The van der Waals surface area contributed by atoms with Gasteiger partial charge in [-0.2, -0.15) is 0 Å². The standard InChI is InChI=1S/C25H29N5O2/c1-16-12-19(10-11-21(16)29-24(31)17-6-2-3-7-17)28-25(32)18-13-22-23(26-14-18)30(15-27-22)20-8-4-5-9-20/h10-15,17,20H,2-9H2,1H3,(H,28,32)(H,29,31). The Morgan fingerprint density at radius 3 is 2.47 bits per heavy atom. The normalized spacial score (nSPS) is 17.2. The Kier molecular flexibility index (Phi) is 5.64. The molecule has 2 amide bonds. The fraction of sp³-hybridized carbons (Fsp3) is 0.440. The summed E-state index contributed by atoms with van der Waals surface area (Å²) < 4.78 is 2.14. The van der Waals surface area contributed by atoms with Crippen LogP contribution in [0.4, 0.5) is 11.4 Å². The molecule has 2 fully saturated rings. The second-order valence-corrected chi connectivity index (χ2v) is 9.11. The minimum atomic E-state index is -0.225. The summed E-state index contributed by atoms with van der Waals surface area (Å²) in [6, 6.07) is 7.80. The highest BCUT2D eigenvalue weighted by Gasteiger charge is 2.23. The maximum atomic E-state index is 12.8. The van der Waals surface area contributed by atoms with Gasteiger partial charge < -0.3 is 15.2 Å². The number of imidazole rings is 1. The van der Waals surface area contributed by atoms with Crippen LogP contribution in [0.25, 0.3) is 11.2 Å². The lowest BCUT2D eigenvalue weighted by atomic mass is 10.1. The average molecular weight is 432 g/mol. The van der Waals surface area contributed by atoms with Gasteiger partial charge in [0.05, 0.1) is 11.9 Å². The summed E-state index contributed by atoms with van der Waals surface area (Å²) in [5, 5.41) is 5.97. The number of pyridine rings is 1. The number of nitrogens with zero attached hydrogens (tertiary/aromatic N) is 3. The van der Waals surface area contributed by atoms with Crippen molar-refractivity contribution in [2.75, 3.05) is 10.6 Å². The number of rotatable bonds is 5. The number of aromatic nitrogens is 3. The number of aryl methyl sites for hydroxylation is 1. The molecule has 2 aromatic heterocycles. The summed E-state index contributed by atoms with van der Waals surface area (Å²) in [5.74, 6) is -0.0101. The number of hydrogen-bond acceptors (Lipinski definition) is 4. The van der Waals surface area contributed by atoms with Gasteiger partial charge in [0, 0.05) is 29.5 Å². The zero-order valence-electron chi connectivity index (χ0n) is 18.4. The van der Waals surface area contributed by atoms with Crippen molar-refractivity contribution in [3.8, 4) is 0 Å². The van der Waals surface area contributed by atoms with E-state index >= 15 is 0 Å². The topological polar surface area (TPSA) is 88.9 Å². The van der Waals surface area contributed by atoms with Crippen molar-refractivity contribution in [2.45, 2.75) is 64.3 Å². The van der Waals surface area contributed by atoms with Crippen LogP contribution in [0.2, 0.25) is 0 Å². The molecule has 166 valence electrons. The summed E-state index contributed by atoms with van der Waals surface area (Å²) >= 11 is 0. The molecule has 2 aliphatic rings. The largest absolute Gasteiger partial charge is 0.326 e. The third-order valence-electron chi connectivity index (χ3n) is 6.86. The number of nitrogens with one attached hydrogen (secondary N) is 2. The van der Waals surface area contributed by atoms with Gasteiger partial charge in [-0.1, -0.05) is 25.7 Å². The van der Waals surface area contributed by atoms with E-state index in [9.17, 15) is 9.59 Å². The van der Waals surface area contributed by atoms with Gasteiger partial charge in [-0.05, 0) is 62.4 Å². The molecule has 1 aromatic carbocycles. The molecule has 0 bridgehead atoms. The Bertz CT molecular complexity index is 1160. The van der Waals surface area contributed by atoms with Crippen LogP contribution in [-0.4, -0.2) is 26.3 Å². The van der Waals surface area contributed by atoms with Gasteiger partial charge in [-0.15, -0.1) is 0 Å². The lowest BCUT2D eigenvalue weighted by Gasteiger charge is -2.14. The molecule has 2 N–H and O–H groups in total. The van der Waals surface area contributed by atoms with Crippen LogP contribution in [0.1, 0.15) is 73.3 Å². The van der Waals surface area contributed by atoms with Crippen LogP contribution >= 0.6 is 0 Å². The van der Waals surface area contributed by atoms with Crippen molar-refractivity contribution in [1.82, 2.24) is 14.5 Å². The highest BCUT2D eigenvalue weighted by Crippen LogP contribution is 2.31. The van der Waals surface area contributed by atoms with Crippen molar-refractivity contribution in [3.05, 3.63) is 47.9 Å². The van der Waals surface area contributed by atoms with Gasteiger partial charge in [0.25, 0.3) is 5.91 Å². The lowest BCUT2D eigenvalue weighted by Crippen LogP contribution is -2.20. The van der Waals surface area contributed by atoms with Crippen LogP contribution in [0.15, 0.2) is 36.8 Å². The first-order chi connectivity index (χ1) is 15.6. The van der Waals surface area contributed by atoms with Crippen LogP contribution in [0.3, 0.4) is 0 Å². The Labute approximate surface area is 187 Å². The van der Waals surface area contributed by atoms with E-state index in [1.54, 1.807) is 12.3 Å². The molecule has 0 atom stereocenters.